The van der Waals surface area contributed by atoms with Crippen LogP contribution in [-0.2, 0) is 9.53 Å². The van der Waals surface area contributed by atoms with Gasteiger partial charge in [-0.1, -0.05) is 31.1 Å². The lowest BCUT2D eigenvalue weighted by atomic mass is 9.83. The Hall–Kier alpha value is -2.20. The number of benzene rings is 1. The zero-order valence-electron chi connectivity index (χ0n) is 15.9. The zero-order chi connectivity index (χ0) is 18.7. The quantitative estimate of drug-likeness (QED) is 0.581. The van der Waals surface area contributed by atoms with Gasteiger partial charge in [-0.05, 0) is 43.4 Å². The first-order valence-corrected chi connectivity index (χ1v) is 9.42. The molecule has 0 N–H and O–H groups in total. The standard InChI is InChI=1S/C22H28N2O2/c1-5-17-10-12-24(14-18(17)6-2)22(26-16(4)25)19-9-11-23-21-8-7-15(3)13-20(19)21/h6-9,11,13,17-18,22H,2,5,10,12,14H2,1,3-4H3/t17?,18?,22-/m1/s1. The number of aromatic nitrogens is 1. The summed E-state index contributed by atoms with van der Waals surface area (Å²) in [5, 5.41) is 1.05. The number of nitrogens with zero attached hydrogens (tertiary/aromatic N) is 2. The van der Waals surface area contributed by atoms with Gasteiger partial charge >= 0.3 is 5.97 Å². The molecule has 1 fully saturated rings. The number of fused-ring (bicyclic) bond motifs is 1. The lowest BCUT2D eigenvalue weighted by Gasteiger charge is -2.40. The number of hydrogen-bond donors (Lipinski definition) is 0. The van der Waals surface area contributed by atoms with Crippen LogP contribution in [0.3, 0.4) is 0 Å². The van der Waals surface area contributed by atoms with Crippen LogP contribution in [0.15, 0.2) is 43.1 Å². The molecule has 0 bridgehead atoms. The summed E-state index contributed by atoms with van der Waals surface area (Å²) in [6.07, 6.45) is 5.71. The summed E-state index contributed by atoms with van der Waals surface area (Å²) in [5.41, 5.74) is 3.10. The fraction of sp³-hybridized carbons (Fsp3) is 0.455. The summed E-state index contributed by atoms with van der Waals surface area (Å²) in [5.74, 6) is 0.806. The Morgan fingerprint density at radius 2 is 2.27 bits per heavy atom. The number of carbonyl (C=O) groups is 1. The molecule has 2 unspecified atom stereocenters. The van der Waals surface area contributed by atoms with Crippen LogP contribution >= 0.6 is 0 Å². The van der Waals surface area contributed by atoms with Crippen LogP contribution in [-0.4, -0.2) is 28.9 Å². The van der Waals surface area contributed by atoms with Crippen LogP contribution in [0.2, 0.25) is 0 Å². The smallest absolute Gasteiger partial charge is 0.304 e. The van der Waals surface area contributed by atoms with Gasteiger partial charge in [0.15, 0.2) is 6.23 Å². The van der Waals surface area contributed by atoms with E-state index in [9.17, 15) is 4.79 Å². The Morgan fingerprint density at radius 3 is 2.96 bits per heavy atom. The molecule has 0 amide bonds. The van der Waals surface area contributed by atoms with E-state index >= 15 is 0 Å². The second-order valence-electron chi connectivity index (χ2n) is 7.23. The van der Waals surface area contributed by atoms with Crippen molar-refractivity contribution in [1.82, 2.24) is 9.88 Å². The highest BCUT2D eigenvalue weighted by molar-refractivity contribution is 5.83. The lowest BCUT2D eigenvalue weighted by molar-refractivity contribution is -0.160. The molecule has 2 heterocycles. The van der Waals surface area contributed by atoms with Gasteiger partial charge < -0.3 is 4.74 Å². The van der Waals surface area contributed by atoms with E-state index in [0.29, 0.717) is 11.8 Å². The van der Waals surface area contributed by atoms with Crippen molar-refractivity contribution in [2.75, 3.05) is 13.1 Å². The maximum Gasteiger partial charge on any atom is 0.304 e. The number of piperidine rings is 1. The molecular formula is C22H28N2O2. The fourth-order valence-electron chi connectivity index (χ4n) is 4.03. The summed E-state index contributed by atoms with van der Waals surface area (Å²) in [4.78, 5) is 18.6. The molecule has 4 heteroatoms. The Labute approximate surface area is 155 Å². The molecular weight excluding hydrogens is 324 g/mol. The summed E-state index contributed by atoms with van der Waals surface area (Å²) < 4.78 is 5.81. The monoisotopic (exact) mass is 352 g/mol. The molecule has 3 atom stereocenters. The third-order valence-electron chi connectivity index (χ3n) is 5.47. The third-order valence-corrected chi connectivity index (χ3v) is 5.47. The van der Waals surface area contributed by atoms with Crippen molar-refractivity contribution < 1.29 is 9.53 Å². The van der Waals surface area contributed by atoms with Crippen molar-refractivity contribution in [1.29, 1.82) is 0 Å². The van der Waals surface area contributed by atoms with Crippen molar-refractivity contribution >= 4 is 16.9 Å². The SMILES string of the molecule is C=CC1CN([C@H](OC(C)=O)c2ccnc3ccc(C)cc23)CCC1CC. The number of ether oxygens (including phenoxy) is 1. The molecule has 26 heavy (non-hydrogen) atoms. The van der Waals surface area contributed by atoms with Crippen LogP contribution in [0.1, 0.15) is 44.0 Å². The second-order valence-corrected chi connectivity index (χ2v) is 7.23. The average molecular weight is 352 g/mol. The molecule has 1 aliphatic heterocycles. The highest BCUT2D eigenvalue weighted by atomic mass is 16.6. The molecule has 0 spiro atoms. The number of carbonyl (C=O) groups excluding carboxylic acids is 1. The molecule has 0 radical (unpaired) electrons. The highest BCUT2D eigenvalue weighted by Crippen LogP contribution is 2.35. The number of hydrogen-bond acceptors (Lipinski definition) is 4. The number of pyridine rings is 1. The Balaban J connectivity index is 2.01. The summed E-state index contributed by atoms with van der Waals surface area (Å²) in [6, 6.07) is 8.18. The second kappa shape index (κ2) is 8.00. The van der Waals surface area contributed by atoms with Crippen molar-refractivity contribution in [3.63, 3.8) is 0 Å². The predicted octanol–water partition coefficient (Wildman–Crippen LogP) is 4.64. The first-order chi connectivity index (χ1) is 12.5. The lowest BCUT2D eigenvalue weighted by Crippen LogP contribution is -2.43. The van der Waals surface area contributed by atoms with Gasteiger partial charge in [0.05, 0.1) is 5.52 Å². The Kier molecular flexibility index (Phi) is 5.72. The molecule has 0 aliphatic carbocycles. The third kappa shape index (κ3) is 3.80. The average Bonchev–Trinajstić information content (AvgIpc) is 2.65. The molecule has 3 rings (SSSR count). The van der Waals surface area contributed by atoms with Gasteiger partial charge in [0.2, 0.25) is 0 Å². The van der Waals surface area contributed by atoms with Crippen LogP contribution in [0.4, 0.5) is 0 Å². The zero-order valence-corrected chi connectivity index (χ0v) is 15.9. The van der Waals surface area contributed by atoms with E-state index in [0.717, 1.165) is 42.4 Å². The van der Waals surface area contributed by atoms with Gasteiger partial charge in [-0.2, -0.15) is 0 Å². The Morgan fingerprint density at radius 1 is 1.46 bits per heavy atom. The molecule has 138 valence electrons. The van der Waals surface area contributed by atoms with Gasteiger partial charge in [-0.25, -0.2) is 0 Å². The first kappa shape index (κ1) is 18.6. The van der Waals surface area contributed by atoms with E-state index in [4.69, 9.17) is 4.74 Å². The summed E-state index contributed by atoms with van der Waals surface area (Å²) in [6.45, 7) is 11.6. The van der Waals surface area contributed by atoms with Gasteiger partial charge in [-0.3, -0.25) is 14.7 Å². The minimum atomic E-state index is -0.389. The first-order valence-electron chi connectivity index (χ1n) is 9.42. The van der Waals surface area contributed by atoms with Crippen molar-refractivity contribution in [2.45, 2.75) is 39.8 Å². The van der Waals surface area contributed by atoms with E-state index in [2.05, 4.69) is 48.5 Å². The van der Waals surface area contributed by atoms with Crippen LogP contribution in [0.25, 0.3) is 10.9 Å². The number of aryl methyl sites for hydroxylation is 1. The summed E-state index contributed by atoms with van der Waals surface area (Å²) in [7, 11) is 0. The van der Waals surface area contributed by atoms with E-state index in [1.54, 1.807) is 6.20 Å². The minimum absolute atomic E-state index is 0.264. The van der Waals surface area contributed by atoms with Gasteiger partial charge in [0, 0.05) is 37.2 Å². The normalized spacial score (nSPS) is 22.1. The van der Waals surface area contributed by atoms with Crippen molar-refractivity contribution in [2.24, 2.45) is 11.8 Å². The number of likely N-dealkylation sites (tertiary alicyclic amines) is 1. The number of esters is 1. The number of rotatable bonds is 5. The van der Waals surface area contributed by atoms with Crippen molar-refractivity contribution in [3.8, 4) is 0 Å². The van der Waals surface area contributed by atoms with E-state index in [1.165, 1.54) is 12.5 Å². The van der Waals surface area contributed by atoms with Gasteiger partial charge in [-0.15, -0.1) is 6.58 Å². The van der Waals surface area contributed by atoms with Gasteiger partial charge in [0.25, 0.3) is 0 Å². The minimum Gasteiger partial charge on any atom is -0.442 e. The molecule has 2 aromatic rings. The molecule has 1 aromatic carbocycles. The maximum absolute atomic E-state index is 11.9. The van der Waals surface area contributed by atoms with Crippen LogP contribution in [0, 0.1) is 18.8 Å². The van der Waals surface area contributed by atoms with Crippen molar-refractivity contribution in [3.05, 3.63) is 54.2 Å². The summed E-state index contributed by atoms with van der Waals surface area (Å²) >= 11 is 0. The van der Waals surface area contributed by atoms with E-state index in [-0.39, 0.29) is 12.2 Å². The Bertz CT molecular complexity index is 802. The highest BCUT2D eigenvalue weighted by Gasteiger charge is 2.33. The predicted molar refractivity (Wildman–Crippen MR) is 105 cm³/mol. The largest absolute Gasteiger partial charge is 0.442 e. The van der Waals surface area contributed by atoms with Gasteiger partial charge in [0.1, 0.15) is 0 Å². The molecule has 1 saturated heterocycles. The van der Waals surface area contributed by atoms with Crippen LogP contribution in [0.5, 0.6) is 0 Å². The maximum atomic E-state index is 11.9. The molecule has 0 saturated carbocycles. The molecule has 4 nitrogen and oxygen atoms in total. The van der Waals surface area contributed by atoms with Crippen LogP contribution < -0.4 is 0 Å². The molecule has 1 aliphatic rings. The van der Waals surface area contributed by atoms with E-state index in [1.807, 2.05) is 12.1 Å². The topological polar surface area (TPSA) is 42.4 Å². The van der Waals surface area contributed by atoms with E-state index < -0.39 is 0 Å². The fourth-order valence-corrected chi connectivity index (χ4v) is 4.03. The molecule has 1 aromatic heterocycles.